The number of piperidine rings is 1. The van der Waals surface area contributed by atoms with Crippen molar-refractivity contribution in [2.24, 2.45) is 0 Å². The van der Waals surface area contributed by atoms with E-state index in [1.165, 1.54) is 18.1 Å². The smallest absolute Gasteiger partial charge is 0.224 e. The van der Waals surface area contributed by atoms with Gasteiger partial charge in [0, 0.05) is 38.4 Å². The number of hydrogen-bond donors (Lipinski definition) is 1. The molecule has 2 aromatic carbocycles. The average molecular weight is 350 g/mol. The minimum absolute atomic E-state index is 0.0978. The summed E-state index contributed by atoms with van der Waals surface area (Å²) in [4.78, 5) is 25.7. The lowest BCUT2D eigenvalue weighted by molar-refractivity contribution is -0.133. The van der Waals surface area contributed by atoms with E-state index < -0.39 is 0 Å². The number of nitrogens with one attached hydrogen (secondary N) is 1. The minimum Gasteiger partial charge on any atom is -0.356 e. The van der Waals surface area contributed by atoms with Gasteiger partial charge in [-0.05, 0) is 24.0 Å². The molecule has 0 spiro atoms. The third-order valence-electron chi connectivity index (χ3n) is 5.21. The van der Waals surface area contributed by atoms with E-state index in [0.717, 1.165) is 19.4 Å². The summed E-state index contributed by atoms with van der Waals surface area (Å²) in [5.41, 5.74) is 2.33. The Bertz CT molecular complexity index is 704. The van der Waals surface area contributed by atoms with Gasteiger partial charge in [0.25, 0.3) is 0 Å². The summed E-state index contributed by atoms with van der Waals surface area (Å²) in [7, 11) is 0. The van der Waals surface area contributed by atoms with Gasteiger partial charge < -0.3 is 10.2 Å². The van der Waals surface area contributed by atoms with Gasteiger partial charge in [0.05, 0.1) is 0 Å². The second-order valence-electron chi connectivity index (χ2n) is 6.97. The molecule has 1 heterocycles. The highest BCUT2D eigenvalue weighted by Gasteiger charge is 2.39. The van der Waals surface area contributed by atoms with Crippen LogP contribution in [0.5, 0.6) is 0 Å². The Morgan fingerprint density at radius 3 is 2.12 bits per heavy atom. The summed E-state index contributed by atoms with van der Waals surface area (Å²) in [5, 5.41) is 2.71. The van der Waals surface area contributed by atoms with E-state index >= 15 is 0 Å². The number of hydrogen-bond acceptors (Lipinski definition) is 2. The Balaban J connectivity index is 1.86. The van der Waals surface area contributed by atoms with Crippen molar-refractivity contribution >= 4 is 11.8 Å². The highest BCUT2D eigenvalue weighted by molar-refractivity contribution is 5.78. The molecule has 1 aliphatic heterocycles. The Morgan fingerprint density at radius 2 is 1.58 bits per heavy atom. The summed E-state index contributed by atoms with van der Waals surface area (Å²) in [6.07, 6.45) is 2.34. The molecule has 4 nitrogen and oxygen atoms in total. The summed E-state index contributed by atoms with van der Waals surface area (Å²) in [6, 6.07) is 21.0. The van der Waals surface area contributed by atoms with Crippen LogP contribution in [0.1, 0.15) is 37.3 Å². The molecule has 1 saturated heterocycles. The van der Waals surface area contributed by atoms with Crippen molar-refractivity contribution in [3.8, 4) is 0 Å². The Labute approximate surface area is 155 Å². The summed E-state index contributed by atoms with van der Waals surface area (Å²) in [5.74, 6) is 0.00838. The number of benzene rings is 2. The van der Waals surface area contributed by atoms with Crippen LogP contribution in [0.25, 0.3) is 0 Å². The molecule has 1 aliphatic rings. The molecule has 4 heteroatoms. The van der Waals surface area contributed by atoms with Gasteiger partial charge in [-0.15, -0.1) is 0 Å². The molecule has 0 aromatic heterocycles. The van der Waals surface area contributed by atoms with Gasteiger partial charge in [0.15, 0.2) is 0 Å². The lowest BCUT2D eigenvalue weighted by Gasteiger charge is -2.44. The fraction of sp³-hybridized carbons (Fsp3) is 0.364. The Kier molecular flexibility index (Phi) is 5.71. The fourth-order valence-electron chi connectivity index (χ4n) is 3.92. The molecular weight excluding hydrogens is 324 g/mol. The molecule has 0 bridgehead atoms. The first-order chi connectivity index (χ1) is 12.6. The lowest BCUT2D eigenvalue weighted by Crippen LogP contribution is -2.49. The monoisotopic (exact) mass is 350 g/mol. The van der Waals surface area contributed by atoms with E-state index in [9.17, 15) is 9.59 Å². The predicted molar refractivity (Wildman–Crippen MR) is 103 cm³/mol. The Hall–Kier alpha value is -2.62. The predicted octanol–water partition coefficient (Wildman–Crippen LogP) is 3.12. The molecule has 0 unspecified atom stereocenters. The van der Waals surface area contributed by atoms with Crippen LogP contribution in [0.15, 0.2) is 60.7 Å². The van der Waals surface area contributed by atoms with Crippen molar-refractivity contribution in [3.05, 3.63) is 71.8 Å². The molecule has 3 rings (SSSR count). The van der Waals surface area contributed by atoms with E-state index in [0.29, 0.717) is 19.5 Å². The first-order valence-corrected chi connectivity index (χ1v) is 9.25. The largest absolute Gasteiger partial charge is 0.356 e. The van der Waals surface area contributed by atoms with Gasteiger partial charge in [0.1, 0.15) is 0 Å². The van der Waals surface area contributed by atoms with E-state index in [-0.39, 0.29) is 17.2 Å². The van der Waals surface area contributed by atoms with Crippen LogP contribution in [0.2, 0.25) is 0 Å². The molecular formula is C22H26N2O2. The van der Waals surface area contributed by atoms with Crippen LogP contribution in [0.4, 0.5) is 0 Å². The van der Waals surface area contributed by atoms with Crippen LogP contribution in [0.3, 0.4) is 0 Å². The fourth-order valence-corrected chi connectivity index (χ4v) is 3.92. The van der Waals surface area contributed by atoms with Gasteiger partial charge in [-0.3, -0.25) is 9.59 Å². The van der Waals surface area contributed by atoms with Crippen LogP contribution >= 0.6 is 0 Å². The number of likely N-dealkylation sites (tertiary alicyclic amines) is 1. The van der Waals surface area contributed by atoms with Crippen molar-refractivity contribution in [1.82, 2.24) is 10.2 Å². The zero-order valence-electron chi connectivity index (χ0n) is 15.3. The number of amides is 2. The maximum absolute atomic E-state index is 12.7. The Morgan fingerprint density at radius 1 is 1.00 bits per heavy atom. The maximum atomic E-state index is 12.7. The first kappa shape index (κ1) is 18.2. The van der Waals surface area contributed by atoms with Gasteiger partial charge >= 0.3 is 0 Å². The number of carbonyl (C=O) groups excluding carboxylic acids is 2. The zero-order valence-corrected chi connectivity index (χ0v) is 15.3. The minimum atomic E-state index is -0.176. The van der Waals surface area contributed by atoms with Crippen molar-refractivity contribution in [1.29, 1.82) is 0 Å². The van der Waals surface area contributed by atoms with E-state index in [4.69, 9.17) is 0 Å². The highest BCUT2D eigenvalue weighted by Crippen LogP contribution is 2.40. The van der Waals surface area contributed by atoms with Crippen LogP contribution in [-0.2, 0) is 15.0 Å². The van der Waals surface area contributed by atoms with Crippen LogP contribution in [0, 0.1) is 0 Å². The topological polar surface area (TPSA) is 49.4 Å². The van der Waals surface area contributed by atoms with Gasteiger partial charge in [-0.2, -0.15) is 0 Å². The second-order valence-corrected chi connectivity index (χ2v) is 6.97. The molecule has 0 radical (unpaired) electrons. The van der Waals surface area contributed by atoms with Crippen molar-refractivity contribution in [2.75, 3.05) is 19.6 Å². The molecule has 0 saturated carbocycles. The van der Waals surface area contributed by atoms with E-state index in [1.54, 1.807) is 0 Å². The molecule has 26 heavy (non-hydrogen) atoms. The number of carbonyl (C=O) groups is 2. The average Bonchev–Trinajstić information content (AvgIpc) is 2.69. The van der Waals surface area contributed by atoms with Gasteiger partial charge in [0.2, 0.25) is 11.8 Å². The molecule has 1 fully saturated rings. The second kappa shape index (κ2) is 8.17. The molecule has 0 atom stereocenters. The first-order valence-electron chi connectivity index (χ1n) is 9.25. The summed E-state index contributed by atoms with van der Waals surface area (Å²) < 4.78 is 0. The maximum Gasteiger partial charge on any atom is 0.224 e. The van der Waals surface area contributed by atoms with E-state index in [1.807, 2.05) is 17.0 Å². The molecule has 136 valence electrons. The SMILES string of the molecule is CC(=O)NCCC(=O)N1CCCC(c2ccccc2)(c2ccccc2)C1. The molecule has 0 aliphatic carbocycles. The van der Waals surface area contributed by atoms with E-state index in [2.05, 4.69) is 53.8 Å². The highest BCUT2D eigenvalue weighted by atomic mass is 16.2. The summed E-state index contributed by atoms with van der Waals surface area (Å²) >= 11 is 0. The normalized spacial score (nSPS) is 16.1. The third-order valence-corrected chi connectivity index (χ3v) is 5.21. The number of nitrogens with zero attached hydrogens (tertiary/aromatic N) is 1. The van der Waals surface area contributed by atoms with Crippen molar-refractivity contribution < 1.29 is 9.59 Å². The lowest BCUT2D eigenvalue weighted by atomic mass is 9.69. The quantitative estimate of drug-likeness (QED) is 0.901. The third kappa shape index (κ3) is 3.96. The van der Waals surface area contributed by atoms with Crippen LogP contribution < -0.4 is 5.32 Å². The molecule has 2 aromatic rings. The summed E-state index contributed by atoms with van der Waals surface area (Å²) in [6.45, 7) is 3.33. The van der Waals surface area contributed by atoms with Gasteiger partial charge in [-0.25, -0.2) is 0 Å². The molecule has 2 amide bonds. The zero-order chi connectivity index (χ0) is 18.4. The number of rotatable bonds is 5. The van der Waals surface area contributed by atoms with Crippen molar-refractivity contribution in [3.63, 3.8) is 0 Å². The van der Waals surface area contributed by atoms with Crippen LogP contribution in [-0.4, -0.2) is 36.3 Å². The molecule has 1 N–H and O–H groups in total. The standard InChI is InChI=1S/C22H26N2O2/c1-18(25)23-15-13-21(26)24-16-8-14-22(17-24,19-9-4-2-5-10-19)20-11-6-3-7-12-20/h2-7,9-12H,8,13-17H2,1H3,(H,23,25). The van der Waals surface area contributed by atoms with Gasteiger partial charge in [-0.1, -0.05) is 60.7 Å². The van der Waals surface area contributed by atoms with Crippen molar-refractivity contribution in [2.45, 2.75) is 31.6 Å².